The second-order valence-corrected chi connectivity index (χ2v) is 5.31. The lowest BCUT2D eigenvalue weighted by Crippen LogP contribution is -1.93. The fraction of sp³-hybridized carbons (Fsp3) is 0.263. The average molecular weight is 266 g/mol. The van der Waals surface area contributed by atoms with Crippen LogP contribution in [0.3, 0.4) is 0 Å². The molecule has 0 aliphatic rings. The van der Waals surface area contributed by atoms with Crippen molar-refractivity contribution < 1.29 is 5.11 Å². The van der Waals surface area contributed by atoms with Crippen molar-refractivity contribution in [2.24, 2.45) is 0 Å². The second-order valence-electron chi connectivity index (χ2n) is 5.31. The summed E-state index contributed by atoms with van der Waals surface area (Å²) in [5.41, 5.74) is 5.53. The van der Waals surface area contributed by atoms with Gasteiger partial charge in [-0.2, -0.15) is 0 Å². The quantitative estimate of drug-likeness (QED) is 0.760. The maximum absolute atomic E-state index is 10.6. The van der Waals surface area contributed by atoms with E-state index in [-0.39, 0.29) is 0 Å². The van der Waals surface area contributed by atoms with Crippen molar-refractivity contribution >= 4 is 0 Å². The van der Waals surface area contributed by atoms with Crippen molar-refractivity contribution in [3.63, 3.8) is 0 Å². The molecule has 104 valence electrons. The minimum atomic E-state index is 0.429. The summed E-state index contributed by atoms with van der Waals surface area (Å²) in [6, 6.07) is 14.3. The normalized spacial score (nSPS) is 10.3. The van der Waals surface area contributed by atoms with Crippen LogP contribution in [0.15, 0.2) is 54.1 Å². The first-order valence-electron chi connectivity index (χ1n) is 7.16. The van der Waals surface area contributed by atoms with E-state index in [4.69, 9.17) is 0 Å². The standard InChI is InChI=1S/C19H22O/c1-4-15-12-13-17(11-10-14(2)3)18(19(15)20)16-8-6-5-7-9-16/h5-10,12-13,20H,4,11H2,1-3H3. The summed E-state index contributed by atoms with van der Waals surface area (Å²) in [6.07, 6.45) is 3.89. The molecule has 0 radical (unpaired) electrons. The molecule has 0 amide bonds. The zero-order valence-corrected chi connectivity index (χ0v) is 12.5. The topological polar surface area (TPSA) is 20.2 Å². The molecule has 0 saturated heterocycles. The molecule has 0 heterocycles. The maximum Gasteiger partial charge on any atom is 0.126 e. The molecule has 0 aliphatic carbocycles. The van der Waals surface area contributed by atoms with Crippen LogP contribution in [0.5, 0.6) is 5.75 Å². The first-order chi connectivity index (χ1) is 9.63. The van der Waals surface area contributed by atoms with Gasteiger partial charge in [-0.3, -0.25) is 0 Å². The number of aromatic hydroxyl groups is 1. The molecule has 0 fully saturated rings. The lowest BCUT2D eigenvalue weighted by atomic mass is 9.93. The van der Waals surface area contributed by atoms with Crippen molar-refractivity contribution in [3.05, 3.63) is 65.2 Å². The Morgan fingerprint density at radius 3 is 2.25 bits per heavy atom. The Kier molecular flexibility index (Phi) is 4.62. The highest BCUT2D eigenvalue weighted by Gasteiger charge is 2.12. The molecule has 0 saturated carbocycles. The van der Waals surface area contributed by atoms with Crippen molar-refractivity contribution in [1.29, 1.82) is 0 Å². The van der Waals surface area contributed by atoms with Gasteiger partial charge in [-0.25, -0.2) is 0 Å². The molecule has 0 bridgehead atoms. The van der Waals surface area contributed by atoms with E-state index in [0.717, 1.165) is 29.5 Å². The Morgan fingerprint density at radius 2 is 1.65 bits per heavy atom. The van der Waals surface area contributed by atoms with Gasteiger partial charge in [-0.15, -0.1) is 0 Å². The molecule has 0 spiro atoms. The molecule has 0 aromatic heterocycles. The summed E-state index contributed by atoms with van der Waals surface area (Å²) in [5, 5.41) is 10.6. The van der Waals surface area contributed by atoms with Crippen LogP contribution in [0, 0.1) is 0 Å². The van der Waals surface area contributed by atoms with Gasteiger partial charge in [0.1, 0.15) is 5.75 Å². The molecule has 0 unspecified atom stereocenters. The van der Waals surface area contributed by atoms with Crippen LogP contribution in [0.1, 0.15) is 31.9 Å². The molecule has 0 aliphatic heterocycles. The van der Waals surface area contributed by atoms with Crippen LogP contribution in [0.25, 0.3) is 11.1 Å². The van der Waals surface area contributed by atoms with Gasteiger partial charge in [0.15, 0.2) is 0 Å². The van der Waals surface area contributed by atoms with Gasteiger partial charge < -0.3 is 5.11 Å². The first-order valence-corrected chi connectivity index (χ1v) is 7.16. The van der Waals surface area contributed by atoms with Crippen molar-refractivity contribution in [1.82, 2.24) is 0 Å². The minimum Gasteiger partial charge on any atom is -0.507 e. The first kappa shape index (κ1) is 14.4. The number of allylic oxidation sites excluding steroid dienone is 2. The van der Waals surface area contributed by atoms with Crippen molar-refractivity contribution in [2.75, 3.05) is 0 Å². The molecule has 0 atom stereocenters. The molecule has 2 aromatic carbocycles. The largest absolute Gasteiger partial charge is 0.507 e. The van der Waals surface area contributed by atoms with Crippen molar-refractivity contribution in [3.8, 4) is 16.9 Å². The number of aryl methyl sites for hydroxylation is 1. The van der Waals surface area contributed by atoms with E-state index < -0.39 is 0 Å². The highest BCUT2D eigenvalue weighted by atomic mass is 16.3. The molecule has 2 rings (SSSR count). The van der Waals surface area contributed by atoms with E-state index in [2.05, 4.69) is 45.0 Å². The number of hydrogen-bond acceptors (Lipinski definition) is 1. The van der Waals surface area contributed by atoms with Gasteiger partial charge in [0.25, 0.3) is 0 Å². The van der Waals surface area contributed by atoms with Crippen LogP contribution in [-0.4, -0.2) is 5.11 Å². The van der Waals surface area contributed by atoms with Crippen LogP contribution in [-0.2, 0) is 12.8 Å². The predicted octanol–water partition coefficient (Wildman–Crippen LogP) is 5.13. The number of rotatable bonds is 4. The molecular formula is C19H22O. The number of phenolic OH excluding ortho intramolecular Hbond substituents is 1. The van der Waals surface area contributed by atoms with E-state index in [1.165, 1.54) is 11.1 Å². The molecular weight excluding hydrogens is 244 g/mol. The van der Waals surface area contributed by atoms with Gasteiger partial charge in [0, 0.05) is 5.56 Å². The van der Waals surface area contributed by atoms with Crippen LogP contribution in [0.2, 0.25) is 0 Å². The average Bonchev–Trinajstić information content (AvgIpc) is 2.46. The van der Waals surface area contributed by atoms with Gasteiger partial charge in [0.05, 0.1) is 0 Å². The number of phenols is 1. The molecule has 1 nitrogen and oxygen atoms in total. The maximum atomic E-state index is 10.6. The third-order valence-corrected chi connectivity index (χ3v) is 3.52. The summed E-state index contributed by atoms with van der Waals surface area (Å²) in [7, 11) is 0. The third kappa shape index (κ3) is 3.11. The summed E-state index contributed by atoms with van der Waals surface area (Å²) in [6.45, 7) is 6.27. The predicted molar refractivity (Wildman–Crippen MR) is 86.1 cm³/mol. The summed E-state index contributed by atoms with van der Waals surface area (Å²) < 4.78 is 0. The highest BCUT2D eigenvalue weighted by molar-refractivity contribution is 5.75. The van der Waals surface area contributed by atoms with Gasteiger partial charge in [-0.1, -0.05) is 61.0 Å². The Labute approximate surface area is 121 Å². The van der Waals surface area contributed by atoms with Crippen molar-refractivity contribution in [2.45, 2.75) is 33.6 Å². The molecule has 1 heteroatoms. The van der Waals surface area contributed by atoms with E-state index >= 15 is 0 Å². The van der Waals surface area contributed by atoms with Crippen LogP contribution in [0.4, 0.5) is 0 Å². The Balaban J connectivity index is 2.58. The molecule has 2 aromatic rings. The lowest BCUT2D eigenvalue weighted by Gasteiger charge is -2.14. The number of hydrogen-bond donors (Lipinski definition) is 1. The Morgan fingerprint density at radius 1 is 1.00 bits per heavy atom. The summed E-state index contributed by atoms with van der Waals surface area (Å²) in [5.74, 6) is 0.429. The summed E-state index contributed by atoms with van der Waals surface area (Å²) in [4.78, 5) is 0. The lowest BCUT2D eigenvalue weighted by molar-refractivity contribution is 0.470. The van der Waals surface area contributed by atoms with Crippen LogP contribution >= 0.6 is 0 Å². The Bertz CT molecular complexity index is 605. The van der Waals surface area contributed by atoms with Gasteiger partial charge in [-0.05, 0) is 43.4 Å². The monoisotopic (exact) mass is 266 g/mol. The zero-order chi connectivity index (χ0) is 14.5. The summed E-state index contributed by atoms with van der Waals surface area (Å²) >= 11 is 0. The van der Waals surface area contributed by atoms with E-state index in [1.54, 1.807) is 0 Å². The smallest absolute Gasteiger partial charge is 0.126 e. The fourth-order valence-corrected chi connectivity index (χ4v) is 2.37. The van der Waals surface area contributed by atoms with Crippen LogP contribution < -0.4 is 0 Å². The Hall–Kier alpha value is -2.02. The van der Waals surface area contributed by atoms with E-state index in [9.17, 15) is 5.11 Å². The zero-order valence-electron chi connectivity index (χ0n) is 12.5. The second kappa shape index (κ2) is 6.42. The SMILES string of the molecule is CCc1ccc(CC=C(C)C)c(-c2ccccc2)c1O. The third-order valence-electron chi connectivity index (χ3n) is 3.52. The fourth-order valence-electron chi connectivity index (χ4n) is 2.37. The number of benzene rings is 2. The van der Waals surface area contributed by atoms with Gasteiger partial charge in [0.2, 0.25) is 0 Å². The molecule has 1 N–H and O–H groups in total. The van der Waals surface area contributed by atoms with Gasteiger partial charge >= 0.3 is 0 Å². The van der Waals surface area contributed by atoms with E-state index in [0.29, 0.717) is 5.75 Å². The minimum absolute atomic E-state index is 0.429. The van der Waals surface area contributed by atoms with E-state index in [1.807, 2.05) is 24.3 Å². The highest BCUT2D eigenvalue weighted by Crippen LogP contribution is 2.36. The molecule has 20 heavy (non-hydrogen) atoms.